The highest BCUT2D eigenvalue weighted by molar-refractivity contribution is 7.50. The molecular weight excluding hydrogens is 353 g/mol. The number of ketones is 1. The molecule has 4 rings (SSSR count). The first kappa shape index (κ1) is 17.0. The quantitative estimate of drug-likeness (QED) is 0.666. The maximum atomic E-state index is 11.9. The number of imidazole rings is 1. The van der Waals surface area contributed by atoms with E-state index in [1.54, 1.807) is 4.57 Å². The second-order valence-corrected chi connectivity index (χ2v) is 8.10. The molecule has 0 radical (unpaired) electrons. The number of aliphatic imine (C=N–C) groups is 1. The molecule has 0 N–H and O–H groups in total. The van der Waals surface area contributed by atoms with Gasteiger partial charge in [0.1, 0.15) is 25.4 Å². The lowest BCUT2D eigenvalue weighted by Gasteiger charge is -2.32. The van der Waals surface area contributed by atoms with Crippen molar-refractivity contribution in [2.75, 3.05) is 27.0 Å². The molecule has 11 heteroatoms. The van der Waals surface area contributed by atoms with E-state index in [0.29, 0.717) is 5.82 Å². The number of hydrogen-bond donors (Lipinski definition) is 0. The Morgan fingerprint density at radius 3 is 3.08 bits per heavy atom. The molecular formula is C14H17N3O7P-. The van der Waals surface area contributed by atoms with E-state index < -0.39 is 31.6 Å². The maximum Gasteiger partial charge on any atom is 0.190 e. The van der Waals surface area contributed by atoms with Crippen LogP contribution in [0.1, 0.15) is 23.1 Å². The average Bonchev–Trinajstić information content (AvgIpc) is 3.17. The number of rotatable bonds is 5. The van der Waals surface area contributed by atoms with Gasteiger partial charge in [-0.15, -0.1) is 0 Å². The number of nitrogens with zero attached hydrogens (tertiary/aromatic N) is 3. The number of fused-ring (bicyclic) bond motifs is 3. The van der Waals surface area contributed by atoms with Gasteiger partial charge in [-0.2, -0.15) is 0 Å². The highest BCUT2D eigenvalue weighted by Crippen LogP contribution is 2.52. The van der Waals surface area contributed by atoms with E-state index in [1.807, 2.05) is 0 Å². The highest BCUT2D eigenvalue weighted by Gasteiger charge is 2.64. The zero-order chi connectivity index (χ0) is 17.8. The van der Waals surface area contributed by atoms with Gasteiger partial charge in [0.05, 0.1) is 19.5 Å². The summed E-state index contributed by atoms with van der Waals surface area (Å²) in [5.74, 6) is 0.232. The normalized spacial score (nSPS) is 35.8. The van der Waals surface area contributed by atoms with Crippen LogP contribution in [0, 0.1) is 0 Å². The van der Waals surface area contributed by atoms with Crippen molar-refractivity contribution >= 4 is 25.4 Å². The molecule has 10 nitrogen and oxygen atoms in total. The number of Topliss-reactive ketones (excluding diaryl/α,β-unsaturated/α-hetero) is 1. The van der Waals surface area contributed by atoms with Crippen LogP contribution in [0.4, 0.5) is 5.82 Å². The number of aromatic nitrogens is 2. The van der Waals surface area contributed by atoms with Crippen LogP contribution < -0.4 is 4.89 Å². The standard InChI is InChI=1S/C14H18N3O7P/c1-21-5-14-6-22-10(11(14)24-25(2,19)20)13(23-14)17-7-16-9-8(18)3-4-15-12(9)17/h4,7,10-11,13H,3,5-6H2,1-2H3,(H,19,20)/p-1/t10-,11?,13+,14-/m0/s1. The van der Waals surface area contributed by atoms with Gasteiger partial charge >= 0.3 is 0 Å². The van der Waals surface area contributed by atoms with Crippen LogP contribution in [0.3, 0.4) is 0 Å². The van der Waals surface area contributed by atoms with Gasteiger partial charge < -0.3 is 28.2 Å². The predicted molar refractivity (Wildman–Crippen MR) is 82.2 cm³/mol. The molecule has 4 heterocycles. The monoisotopic (exact) mass is 370 g/mol. The fraction of sp³-hybridized carbons (Fsp3) is 0.643. The van der Waals surface area contributed by atoms with Crippen molar-refractivity contribution in [3.05, 3.63) is 12.0 Å². The molecule has 3 aliphatic heterocycles. The topological polar surface area (TPSA) is 124 Å². The molecule has 1 aromatic rings. The van der Waals surface area contributed by atoms with Gasteiger partial charge in [-0.25, -0.2) is 9.98 Å². The predicted octanol–water partition coefficient (Wildman–Crippen LogP) is 0.0530. The van der Waals surface area contributed by atoms with E-state index in [9.17, 15) is 14.3 Å². The molecule has 2 saturated heterocycles. The fourth-order valence-electron chi connectivity index (χ4n) is 3.50. The second-order valence-electron chi connectivity index (χ2n) is 6.34. The molecule has 2 fully saturated rings. The number of carbonyl (C=O) groups is 1. The number of methoxy groups -OCH3 is 1. The summed E-state index contributed by atoms with van der Waals surface area (Å²) in [5.41, 5.74) is -0.795. The minimum Gasteiger partial charge on any atom is -0.779 e. The van der Waals surface area contributed by atoms with E-state index >= 15 is 0 Å². The lowest BCUT2D eigenvalue weighted by Crippen LogP contribution is -2.46. The van der Waals surface area contributed by atoms with Crippen LogP contribution in [0.15, 0.2) is 11.3 Å². The molecule has 5 atom stereocenters. The first-order chi connectivity index (χ1) is 11.8. The van der Waals surface area contributed by atoms with Crippen molar-refractivity contribution in [2.45, 2.75) is 30.5 Å². The van der Waals surface area contributed by atoms with Gasteiger partial charge in [-0.3, -0.25) is 9.36 Å². The molecule has 25 heavy (non-hydrogen) atoms. The largest absolute Gasteiger partial charge is 0.779 e. The van der Waals surface area contributed by atoms with Gasteiger partial charge in [0.25, 0.3) is 0 Å². The molecule has 136 valence electrons. The zero-order valence-corrected chi connectivity index (χ0v) is 14.5. The molecule has 2 bridgehead atoms. The first-order valence-corrected chi connectivity index (χ1v) is 9.71. The smallest absolute Gasteiger partial charge is 0.190 e. The SMILES string of the molecule is COC[C@]12CO[C@@H](C1OP(C)(=O)[O-])[C@H](n1cnc3c1N=CCC3=O)O2. The second kappa shape index (κ2) is 5.80. The molecule has 2 unspecified atom stereocenters. The Bertz CT molecular complexity index is 787. The first-order valence-electron chi connectivity index (χ1n) is 7.72. The van der Waals surface area contributed by atoms with Crippen LogP contribution in [0.25, 0.3) is 0 Å². The lowest BCUT2D eigenvalue weighted by atomic mass is 10.0. The molecule has 3 aliphatic rings. The van der Waals surface area contributed by atoms with Crippen molar-refractivity contribution in [1.29, 1.82) is 0 Å². The molecule has 0 aromatic carbocycles. The third-order valence-corrected chi connectivity index (χ3v) is 5.07. The number of carbonyl (C=O) groups excluding carboxylic acids is 1. The summed E-state index contributed by atoms with van der Waals surface area (Å²) in [6, 6.07) is 0. The molecule has 0 aliphatic carbocycles. The van der Waals surface area contributed by atoms with Crippen LogP contribution in [-0.4, -0.2) is 66.3 Å². The van der Waals surface area contributed by atoms with Crippen molar-refractivity contribution in [3.63, 3.8) is 0 Å². The minimum absolute atomic E-state index is 0.101. The number of hydrogen-bond acceptors (Lipinski definition) is 9. The summed E-state index contributed by atoms with van der Waals surface area (Å²) in [7, 11) is -2.54. The molecule has 1 aromatic heterocycles. The van der Waals surface area contributed by atoms with Crippen molar-refractivity contribution in [3.8, 4) is 0 Å². The van der Waals surface area contributed by atoms with Gasteiger partial charge in [-0.1, -0.05) is 0 Å². The van der Waals surface area contributed by atoms with Crippen LogP contribution in [0.5, 0.6) is 0 Å². The third kappa shape index (κ3) is 2.69. The van der Waals surface area contributed by atoms with E-state index in [1.165, 1.54) is 19.7 Å². The van der Waals surface area contributed by atoms with Gasteiger partial charge in [0.15, 0.2) is 23.5 Å². The summed E-state index contributed by atoms with van der Waals surface area (Å²) < 4.78 is 35.6. The van der Waals surface area contributed by atoms with Crippen LogP contribution in [-0.2, 0) is 23.3 Å². The minimum atomic E-state index is -4.03. The van der Waals surface area contributed by atoms with Crippen molar-refractivity contribution in [2.24, 2.45) is 4.99 Å². The van der Waals surface area contributed by atoms with Crippen molar-refractivity contribution < 1.29 is 33.0 Å². The Labute approximate surface area is 143 Å². The molecule has 0 spiro atoms. The average molecular weight is 370 g/mol. The Hall–Kier alpha value is -1.42. The Kier molecular flexibility index (Phi) is 3.95. The lowest BCUT2D eigenvalue weighted by molar-refractivity contribution is -0.208. The summed E-state index contributed by atoms with van der Waals surface area (Å²) in [4.78, 5) is 32.0. The zero-order valence-electron chi connectivity index (χ0n) is 13.7. The summed E-state index contributed by atoms with van der Waals surface area (Å²) in [6.07, 6.45) is 0.882. The summed E-state index contributed by atoms with van der Waals surface area (Å²) >= 11 is 0. The van der Waals surface area contributed by atoms with E-state index in [0.717, 1.165) is 6.66 Å². The Morgan fingerprint density at radius 1 is 1.56 bits per heavy atom. The van der Waals surface area contributed by atoms with Crippen LogP contribution >= 0.6 is 7.60 Å². The van der Waals surface area contributed by atoms with E-state index in [-0.39, 0.29) is 31.1 Å². The van der Waals surface area contributed by atoms with Crippen LogP contribution in [0.2, 0.25) is 0 Å². The van der Waals surface area contributed by atoms with Gasteiger partial charge in [-0.05, 0) is 0 Å². The summed E-state index contributed by atoms with van der Waals surface area (Å²) in [6.45, 7) is 1.25. The third-order valence-electron chi connectivity index (χ3n) is 4.46. The fourth-order valence-corrected chi connectivity index (χ4v) is 4.23. The summed E-state index contributed by atoms with van der Waals surface area (Å²) in [5, 5.41) is 0. The van der Waals surface area contributed by atoms with Crippen molar-refractivity contribution in [1.82, 2.24) is 9.55 Å². The molecule has 0 amide bonds. The van der Waals surface area contributed by atoms with E-state index in [2.05, 4.69) is 9.98 Å². The van der Waals surface area contributed by atoms with Gasteiger partial charge in [0.2, 0.25) is 0 Å². The van der Waals surface area contributed by atoms with E-state index in [4.69, 9.17) is 18.7 Å². The van der Waals surface area contributed by atoms with Gasteiger partial charge in [0, 0.05) is 26.4 Å². The highest BCUT2D eigenvalue weighted by atomic mass is 31.2. The maximum absolute atomic E-state index is 11.9. The molecule has 0 saturated carbocycles. The number of ether oxygens (including phenoxy) is 3. The Morgan fingerprint density at radius 2 is 2.36 bits per heavy atom. The Balaban J connectivity index is 1.71.